The predicted molar refractivity (Wildman–Crippen MR) is 123 cm³/mol. The number of amides is 2. The minimum atomic E-state index is -0.145. The highest BCUT2D eigenvalue weighted by Crippen LogP contribution is 2.24. The van der Waals surface area contributed by atoms with Crippen LogP contribution >= 0.6 is 0 Å². The molecule has 166 valence electrons. The third kappa shape index (κ3) is 4.15. The minimum Gasteiger partial charge on any atom is -0.335 e. The highest BCUT2D eigenvalue weighted by Gasteiger charge is 2.28. The van der Waals surface area contributed by atoms with Crippen molar-refractivity contribution in [1.82, 2.24) is 24.3 Å². The average molecular weight is 432 g/mol. The van der Waals surface area contributed by atoms with Crippen molar-refractivity contribution in [3.63, 3.8) is 0 Å². The van der Waals surface area contributed by atoms with Gasteiger partial charge in [-0.05, 0) is 43.5 Å². The van der Waals surface area contributed by atoms with Crippen LogP contribution in [0, 0.1) is 13.8 Å². The second-order valence-electron chi connectivity index (χ2n) is 8.54. The van der Waals surface area contributed by atoms with Gasteiger partial charge in [0.15, 0.2) is 0 Å². The molecule has 0 aliphatic carbocycles. The molecule has 3 aromatic rings. The lowest BCUT2D eigenvalue weighted by molar-refractivity contribution is 0.0531. The van der Waals surface area contributed by atoms with E-state index in [0.29, 0.717) is 43.4 Å². The van der Waals surface area contributed by atoms with Gasteiger partial charge in [0.05, 0.1) is 11.8 Å². The topological polar surface area (TPSA) is 71.3 Å². The van der Waals surface area contributed by atoms with Gasteiger partial charge in [-0.15, -0.1) is 0 Å². The summed E-state index contributed by atoms with van der Waals surface area (Å²) < 4.78 is 2.13. The van der Waals surface area contributed by atoms with E-state index >= 15 is 0 Å². The number of aryl methyl sites for hydroxylation is 1. The largest absolute Gasteiger partial charge is 0.335 e. The molecule has 0 radical (unpaired) electrons. The molecule has 0 unspecified atom stereocenters. The molecule has 0 bridgehead atoms. The number of carbonyl (C=O) groups excluding carboxylic acids is 2. The van der Waals surface area contributed by atoms with E-state index in [2.05, 4.69) is 52.6 Å². The smallest absolute Gasteiger partial charge is 0.274 e. The van der Waals surface area contributed by atoms with E-state index in [0.717, 1.165) is 17.1 Å². The highest BCUT2D eigenvalue weighted by molar-refractivity contribution is 5.96. The average Bonchev–Trinajstić information content (AvgIpc) is 3.12. The summed E-state index contributed by atoms with van der Waals surface area (Å²) in [5.41, 5.74) is 5.36. The van der Waals surface area contributed by atoms with Gasteiger partial charge >= 0.3 is 0 Å². The summed E-state index contributed by atoms with van der Waals surface area (Å²) in [5.74, 6) is 0.343. The van der Waals surface area contributed by atoms with Crippen LogP contribution in [0.4, 0.5) is 0 Å². The SMILES string of the molecule is Cc1cc(C(=O)N2CCN(C(=O)c3cnccn3)CC2)c(C)n1-c1ccc(C(C)C)cc1. The minimum absolute atomic E-state index is 0.00903. The first-order chi connectivity index (χ1) is 15.4. The number of hydrogen-bond donors (Lipinski definition) is 0. The fraction of sp³-hybridized carbons (Fsp3) is 0.360. The number of carbonyl (C=O) groups is 2. The Morgan fingerprint density at radius 1 is 0.906 bits per heavy atom. The van der Waals surface area contributed by atoms with Crippen molar-refractivity contribution in [1.29, 1.82) is 0 Å². The van der Waals surface area contributed by atoms with Crippen LogP contribution in [0.1, 0.15) is 57.6 Å². The van der Waals surface area contributed by atoms with E-state index in [4.69, 9.17) is 0 Å². The lowest BCUT2D eigenvalue weighted by Gasteiger charge is -2.34. The molecule has 1 aliphatic heterocycles. The molecule has 32 heavy (non-hydrogen) atoms. The van der Waals surface area contributed by atoms with Crippen molar-refractivity contribution in [3.8, 4) is 5.69 Å². The highest BCUT2D eigenvalue weighted by atomic mass is 16.2. The number of piperazine rings is 1. The molecular weight excluding hydrogens is 402 g/mol. The second-order valence-corrected chi connectivity index (χ2v) is 8.54. The molecule has 1 fully saturated rings. The van der Waals surface area contributed by atoms with Gasteiger partial charge in [0.1, 0.15) is 5.69 Å². The summed E-state index contributed by atoms with van der Waals surface area (Å²) in [6.07, 6.45) is 4.53. The molecule has 2 aromatic heterocycles. The van der Waals surface area contributed by atoms with Crippen LogP contribution in [-0.4, -0.2) is 62.3 Å². The molecular formula is C25H29N5O2. The molecule has 2 amide bonds. The van der Waals surface area contributed by atoms with Gasteiger partial charge in [0.2, 0.25) is 0 Å². The molecule has 7 heteroatoms. The Balaban J connectivity index is 1.48. The van der Waals surface area contributed by atoms with Gasteiger partial charge < -0.3 is 14.4 Å². The number of benzene rings is 1. The first-order valence-corrected chi connectivity index (χ1v) is 11.0. The Morgan fingerprint density at radius 3 is 2.09 bits per heavy atom. The van der Waals surface area contributed by atoms with Crippen molar-refractivity contribution in [2.45, 2.75) is 33.6 Å². The maximum absolute atomic E-state index is 13.3. The lowest BCUT2D eigenvalue weighted by atomic mass is 10.0. The fourth-order valence-corrected chi connectivity index (χ4v) is 4.24. The van der Waals surface area contributed by atoms with E-state index in [1.807, 2.05) is 24.8 Å². The first-order valence-electron chi connectivity index (χ1n) is 11.0. The van der Waals surface area contributed by atoms with E-state index in [1.54, 1.807) is 11.1 Å². The van der Waals surface area contributed by atoms with Crippen LogP contribution in [-0.2, 0) is 0 Å². The molecule has 7 nitrogen and oxygen atoms in total. The fourth-order valence-electron chi connectivity index (χ4n) is 4.24. The molecule has 0 saturated carbocycles. The van der Waals surface area contributed by atoms with Gasteiger partial charge in [0.25, 0.3) is 11.8 Å². The maximum atomic E-state index is 13.3. The van der Waals surface area contributed by atoms with Gasteiger partial charge in [-0.25, -0.2) is 4.98 Å². The number of aromatic nitrogens is 3. The van der Waals surface area contributed by atoms with Gasteiger partial charge in [-0.2, -0.15) is 0 Å². The summed E-state index contributed by atoms with van der Waals surface area (Å²) in [7, 11) is 0. The first kappa shape index (κ1) is 21.7. The van der Waals surface area contributed by atoms with Crippen molar-refractivity contribution in [2.24, 2.45) is 0 Å². The normalized spacial score (nSPS) is 14.2. The third-order valence-corrected chi connectivity index (χ3v) is 6.12. The summed E-state index contributed by atoms with van der Waals surface area (Å²) in [6, 6.07) is 10.5. The van der Waals surface area contributed by atoms with Crippen LogP contribution in [0.5, 0.6) is 0 Å². The summed E-state index contributed by atoms with van der Waals surface area (Å²) in [4.78, 5) is 37.5. The molecule has 0 spiro atoms. The van der Waals surface area contributed by atoms with Gasteiger partial charge in [-0.1, -0.05) is 26.0 Å². The molecule has 4 rings (SSSR count). The monoisotopic (exact) mass is 431 g/mol. The van der Waals surface area contributed by atoms with E-state index < -0.39 is 0 Å². The van der Waals surface area contributed by atoms with Gasteiger partial charge in [-0.3, -0.25) is 14.6 Å². The molecule has 0 atom stereocenters. The van der Waals surface area contributed by atoms with Crippen molar-refractivity contribution in [2.75, 3.05) is 26.2 Å². The van der Waals surface area contributed by atoms with Crippen molar-refractivity contribution < 1.29 is 9.59 Å². The second kappa shape index (κ2) is 8.94. The predicted octanol–water partition coefficient (Wildman–Crippen LogP) is 3.61. The number of hydrogen-bond acceptors (Lipinski definition) is 4. The van der Waals surface area contributed by atoms with Crippen molar-refractivity contribution >= 4 is 11.8 Å². The van der Waals surface area contributed by atoms with E-state index in [1.165, 1.54) is 18.0 Å². The Kier molecular flexibility index (Phi) is 6.08. The van der Waals surface area contributed by atoms with Crippen molar-refractivity contribution in [3.05, 3.63) is 77.1 Å². The Hall–Kier alpha value is -3.48. The Morgan fingerprint density at radius 2 is 1.53 bits per heavy atom. The number of rotatable bonds is 4. The number of nitrogens with zero attached hydrogens (tertiary/aromatic N) is 5. The zero-order chi connectivity index (χ0) is 22.8. The van der Waals surface area contributed by atoms with E-state index in [9.17, 15) is 9.59 Å². The van der Waals surface area contributed by atoms with Crippen LogP contribution < -0.4 is 0 Å². The molecule has 3 heterocycles. The molecule has 1 saturated heterocycles. The summed E-state index contributed by atoms with van der Waals surface area (Å²) >= 11 is 0. The summed E-state index contributed by atoms with van der Waals surface area (Å²) in [6.45, 7) is 10.3. The zero-order valence-electron chi connectivity index (χ0n) is 19.1. The summed E-state index contributed by atoms with van der Waals surface area (Å²) in [5, 5.41) is 0. The molecule has 1 aliphatic rings. The standard InChI is InChI=1S/C25H29N5O2/c1-17(2)20-5-7-21(8-6-20)30-18(3)15-22(19(30)4)24(31)28-11-13-29(14-12-28)25(32)23-16-26-9-10-27-23/h5-10,15-17H,11-14H2,1-4H3. The van der Waals surface area contributed by atoms with Crippen LogP contribution in [0.2, 0.25) is 0 Å². The third-order valence-electron chi connectivity index (χ3n) is 6.12. The molecule has 0 N–H and O–H groups in total. The lowest BCUT2D eigenvalue weighted by Crippen LogP contribution is -2.50. The van der Waals surface area contributed by atoms with E-state index in [-0.39, 0.29) is 11.8 Å². The quantitative estimate of drug-likeness (QED) is 0.633. The Bertz CT molecular complexity index is 1110. The van der Waals surface area contributed by atoms with Crippen LogP contribution in [0.3, 0.4) is 0 Å². The zero-order valence-corrected chi connectivity index (χ0v) is 19.1. The van der Waals surface area contributed by atoms with Crippen LogP contribution in [0.25, 0.3) is 5.69 Å². The molecule has 1 aromatic carbocycles. The van der Waals surface area contributed by atoms with Crippen LogP contribution in [0.15, 0.2) is 48.9 Å². The van der Waals surface area contributed by atoms with Gasteiger partial charge in [0, 0.05) is 55.6 Å². The maximum Gasteiger partial charge on any atom is 0.274 e. The Labute approximate surface area is 188 Å².